The summed E-state index contributed by atoms with van der Waals surface area (Å²) in [6.45, 7) is 2.78. The third-order valence-corrected chi connectivity index (χ3v) is 6.05. The lowest BCUT2D eigenvalue weighted by molar-refractivity contribution is 0.494. The quantitative estimate of drug-likeness (QED) is 0.821. The highest BCUT2D eigenvalue weighted by Crippen LogP contribution is 2.33. The van der Waals surface area contributed by atoms with Gasteiger partial charge in [-0.25, -0.2) is 8.42 Å². The molecule has 0 aromatic heterocycles. The molecule has 3 nitrogen and oxygen atoms in total. The van der Waals surface area contributed by atoms with Crippen LogP contribution >= 0.6 is 11.8 Å². The average molecular weight is 251 g/mol. The van der Waals surface area contributed by atoms with E-state index in [4.69, 9.17) is 5.73 Å². The van der Waals surface area contributed by atoms with Gasteiger partial charge in [0.15, 0.2) is 0 Å². The number of sulfone groups is 1. The fourth-order valence-electron chi connectivity index (χ4n) is 2.00. The van der Waals surface area contributed by atoms with Gasteiger partial charge >= 0.3 is 0 Å². The first-order valence-electron chi connectivity index (χ1n) is 5.48. The Balaban J connectivity index is 2.49. The highest BCUT2D eigenvalue weighted by atomic mass is 32.2. The van der Waals surface area contributed by atoms with Crippen LogP contribution in [0, 0.1) is 0 Å². The van der Waals surface area contributed by atoms with Crippen molar-refractivity contribution >= 4 is 21.6 Å². The van der Waals surface area contributed by atoms with Crippen molar-refractivity contribution in [3.8, 4) is 0 Å². The van der Waals surface area contributed by atoms with E-state index in [1.54, 1.807) is 0 Å². The van der Waals surface area contributed by atoms with Gasteiger partial charge in [0.05, 0.1) is 5.25 Å². The standard InChI is InChI=1S/C10H21NO2S2/c1-8(7-11)14-9-4-3-5-10(6-9)15(2,12)13/h8-10H,3-7,11H2,1-2H3. The number of nitrogens with two attached hydrogens (primary N) is 1. The van der Waals surface area contributed by atoms with Gasteiger partial charge in [0.1, 0.15) is 9.84 Å². The van der Waals surface area contributed by atoms with Crippen molar-refractivity contribution in [3.05, 3.63) is 0 Å². The fraction of sp³-hybridized carbons (Fsp3) is 1.00. The van der Waals surface area contributed by atoms with E-state index in [9.17, 15) is 8.42 Å². The molecule has 1 saturated carbocycles. The van der Waals surface area contributed by atoms with Gasteiger partial charge in [0, 0.05) is 23.3 Å². The van der Waals surface area contributed by atoms with E-state index in [-0.39, 0.29) is 5.25 Å². The van der Waals surface area contributed by atoms with Crippen LogP contribution in [0.5, 0.6) is 0 Å². The Kier molecular flexibility index (Phi) is 4.93. The summed E-state index contributed by atoms with van der Waals surface area (Å²) in [5, 5.41) is 0.805. The zero-order valence-corrected chi connectivity index (χ0v) is 11.1. The van der Waals surface area contributed by atoms with Crippen molar-refractivity contribution in [3.63, 3.8) is 0 Å². The van der Waals surface area contributed by atoms with E-state index in [2.05, 4.69) is 6.92 Å². The molecule has 3 unspecified atom stereocenters. The third kappa shape index (κ3) is 4.33. The van der Waals surface area contributed by atoms with E-state index in [1.165, 1.54) is 6.26 Å². The van der Waals surface area contributed by atoms with E-state index < -0.39 is 9.84 Å². The lowest BCUT2D eigenvalue weighted by Gasteiger charge is -2.29. The molecule has 0 spiro atoms. The second-order valence-corrected chi connectivity index (χ2v) is 8.49. The van der Waals surface area contributed by atoms with Crippen LogP contribution < -0.4 is 5.73 Å². The molecular weight excluding hydrogens is 230 g/mol. The molecule has 1 fully saturated rings. The second kappa shape index (κ2) is 5.55. The van der Waals surface area contributed by atoms with Gasteiger partial charge in [-0.15, -0.1) is 0 Å². The van der Waals surface area contributed by atoms with Crippen LogP contribution in [-0.2, 0) is 9.84 Å². The molecule has 15 heavy (non-hydrogen) atoms. The molecule has 1 rings (SSSR count). The summed E-state index contributed by atoms with van der Waals surface area (Å²) >= 11 is 1.85. The van der Waals surface area contributed by atoms with E-state index in [0.717, 1.165) is 25.7 Å². The van der Waals surface area contributed by atoms with E-state index in [1.807, 2.05) is 11.8 Å². The first-order chi connectivity index (χ1) is 6.93. The van der Waals surface area contributed by atoms with Gasteiger partial charge < -0.3 is 5.73 Å². The van der Waals surface area contributed by atoms with Gasteiger partial charge in [-0.1, -0.05) is 13.3 Å². The fourth-order valence-corrected chi connectivity index (χ4v) is 4.71. The number of hydrogen-bond donors (Lipinski definition) is 1. The summed E-state index contributed by atoms with van der Waals surface area (Å²) < 4.78 is 22.9. The summed E-state index contributed by atoms with van der Waals surface area (Å²) in [7, 11) is -2.85. The second-order valence-electron chi connectivity index (χ2n) is 4.42. The Morgan fingerprint density at radius 3 is 2.67 bits per heavy atom. The van der Waals surface area contributed by atoms with Crippen molar-refractivity contribution in [2.75, 3.05) is 12.8 Å². The van der Waals surface area contributed by atoms with Crippen molar-refractivity contribution in [1.82, 2.24) is 0 Å². The summed E-state index contributed by atoms with van der Waals surface area (Å²) in [5.74, 6) is 0. The first-order valence-corrected chi connectivity index (χ1v) is 8.37. The molecule has 1 aliphatic rings. The van der Waals surface area contributed by atoms with Crippen molar-refractivity contribution in [2.45, 2.75) is 48.4 Å². The topological polar surface area (TPSA) is 60.2 Å². The minimum absolute atomic E-state index is 0.117. The first kappa shape index (κ1) is 13.3. The lowest BCUT2D eigenvalue weighted by atomic mass is 10.00. The smallest absolute Gasteiger partial charge is 0.150 e. The Labute approximate surface area is 97.1 Å². The van der Waals surface area contributed by atoms with Crippen LogP contribution in [0.3, 0.4) is 0 Å². The molecule has 0 saturated heterocycles. The molecule has 0 heterocycles. The minimum Gasteiger partial charge on any atom is -0.329 e. The van der Waals surface area contributed by atoms with Crippen molar-refractivity contribution in [2.24, 2.45) is 5.73 Å². The molecule has 90 valence electrons. The Hall–Kier alpha value is 0.260. The van der Waals surface area contributed by atoms with Crippen LogP contribution in [0.1, 0.15) is 32.6 Å². The van der Waals surface area contributed by atoms with Gasteiger partial charge in [0.2, 0.25) is 0 Å². The molecule has 0 amide bonds. The zero-order chi connectivity index (χ0) is 11.5. The molecular formula is C10H21NO2S2. The maximum atomic E-state index is 11.5. The molecule has 0 aromatic rings. The molecule has 5 heteroatoms. The Bertz CT molecular complexity index is 290. The largest absolute Gasteiger partial charge is 0.329 e. The highest BCUT2D eigenvalue weighted by Gasteiger charge is 2.29. The molecule has 3 atom stereocenters. The van der Waals surface area contributed by atoms with Crippen molar-refractivity contribution < 1.29 is 8.42 Å². The molecule has 0 bridgehead atoms. The highest BCUT2D eigenvalue weighted by molar-refractivity contribution is 8.00. The Morgan fingerprint density at radius 2 is 2.13 bits per heavy atom. The zero-order valence-electron chi connectivity index (χ0n) is 9.48. The summed E-state index contributed by atoms with van der Waals surface area (Å²) in [5.41, 5.74) is 5.57. The number of thioether (sulfide) groups is 1. The molecule has 0 aliphatic heterocycles. The van der Waals surface area contributed by atoms with Gasteiger partial charge in [0.25, 0.3) is 0 Å². The number of rotatable bonds is 4. The number of hydrogen-bond acceptors (Lipinski definition) is 4. The summed E-state index contributed by atoms with van der Waals surface area (Å²) in [4.78, 5) is 0. The molecule has 0 aromatic carbocycles. The molecule has 2 N–H and O–H groups in total. The predicted octanol–water partition coefficient (Wildman–Crippen LogP) is 1.42. The maximum absolute atomic E-state index is 11.5. The van der Waals surface area contributed by atoms with Crippen LogP contribution in [-0.4, -0.2) is 37.0 Å². The van der Waals surface area contributed by atoms with Gasteiger partial charge in [-0.2, -0.15) is 11.8 Å². The maximum Gasteiger partial charge on any atom is 0.150 e. The molecule has 1 aliphatic carbocycles. The van der Waals surface area contributed by atoms with Crippen molar-refractivity contribution in [1.29, 1.82) is 0 Å². The SMILES string of the molecule is CC(CN)SC1CCCC(S(C)(=O)=O)C1. The third-order valence-electron chi connectivity index (χ3n) is 2.94. The molecule has 0 radical (unpaired) electrons. The lowest BCUT2D eigenvalue weighted by Crippen LogP contribution is -2.30. The van der Waals surface area contributed by atoms with Gasteiger partial charge in [-0.3, -0.25) is 0 Å². The van der Waals surface area contributed by atoms with Crippen LogP contribution in [0.2, 0.25) is 0 Å². The average Bonchev–Trinajstić information content (AvgIpc) is 2.17. The monoisotopic (exact) mass is 251 g/mol. The Morgan fingerprint density at radius 1 is 1.47 bits per heavy atom. The van der Waals surface area contributed by atoms with Crippen LogP contribution in [0.15, 0.2) is 0 Å². The minimum atomic E-state index is -2.85. The summed E-state index contributed by atoms with van der Waals surface area (Å²) in [6.07, 6.45) is 5.19. The van der Waals surface area contributed by atoms with Crippen LogP contribution in [0.25, 0.3) is 0 Å². The van der Waals surface area contributed by atoms with Crippen LogP contribution in [0.4, 0.5) is 0 Å². The van der Waals surface area contributed by atoms with Gasteiger partial charge in [-0.05, 0) is 19.3 Å². The normalized spacial score (nSPS) is 30.1. The predicted molar refractivity (Wildman–Crippen MR) is 67.0 cm³/mol. The summed E-state index contributed by atoms with van der Waals surface area (Å²) in [6, 6.07) is 0. The van der Waals surface area contributed by atoms with E-state index in [0.29, 0.717) is 17.0 Å². The van der Waals surface area contributed by atoms with E-state index >= 15 is 0 Å².